The zero-order valence-electron chi connectivity index (χ0n) is 15.8. The van der Waals surface area contributed by atoms with Gasteiger partial charge in [0.05, 0.1) is 0 Å². The lowest BCUT2D eigenvalue weighted by atomic mass is 10.3. The maximum absolute atomic E-state index is 12.5. The van der Waals surface area contributed by atoms with Gasteiger partial charge in [-0.1, -0.05) is 18.2 Å². The highest BCUT2D eigenvalue weighted by Crippen LogP contribution is 2.22. The van der Waals surface area contributed by atoms with Gasteiger partial charge < -0.3 is 19.7 Å². The molecule has 1 heterocycles. The van der Waals surface area contributed by atoms with E-state index < -0.39 is 0 Å². The molecular formula is C21H27N3O3. The van der Waals surface area contributed by atoms with Crippen molar-refractivity contribution in [1.82, 2.24) is 9.80 Å². The quantitative estimate of drug-likeness (QED) is 0.757. The fourth-order valence-electron chi connectivity index (χ4n) is 3.04. The smallest absolute Gasteiger partial charge is 0.321 e. The Morgan fingerprint density at radius 2 is 1.63 bits per heavy atom. The Bertz CT molecular complexity index is 698. The van der Waals surface area contributed by atoms with E-state index in [4.69, 9.17) is 9.47 Å². The standard InChI is InChI=1S/C21H27N3O3/c1-26-17-5-12-23-13-15-24(16-14-23)21(25)22-18-8-10-20(11-9-18)27-19-6-3-2-4-7-19/h2-4,6-11H,5,12-17H2,1H3,(H,22,25). The van der Waals surface area contributed by atoms with E-state index in [1.807, 2.05) is 59.5 Å². The summed E-state index contributed by atoms with van der Waals surface area (Å²) in [6.45, 7) is 5.10. The number of urea groups is 1. The Balaban J connectivity index is 1.44. The van der Waals surface area contributed by atoms with E-state index in [9.17, 15) is 4.79 Å². The molecule has 2 aromatic rings. The molecule has 0 radical (unpaired) electrons. The minimum absolute atomic E-state index is 0.0525. The molecule has 3 rings (SSSR count). The Morgan fingerprint density at radius 3 is 2.30 bits per heavy atom. The summed E-state index contributed by atoms with van der Waals surface area (Å²) in [7, 11) is 1.72. The summed E-state index contributed by atoms with van der Waals surface area (Å²) in [5.41, 5.74) is 0.767. The number of carbonyl (C=O) groups excluding carboxylic acids is 1. The Morgan fingerprint density at radius 1 is 0.963 bits per heavy atom. The highest BCUT2D eigenvalue weighted by atomic mass is 16.5. The van der Waals surface area contributed by atoms with Crippen LogP contribution in [-0.4, -0.2) is 62.3 Å². The number of carbonyl (C=O) groups is 1. The second kappa shape index (κ2) is 9.94. The molecular weight excluding hydrogens is 342 g/mol. The molecule has 1 fully saturated rings. The number of nitrogens with zero attached hydrogens (tertiary/aromatic N) is 2. The van der Waals surface area contributed by atoms with Crippen molar-refractivity contribution in [2.24, 2.45) is 0 Å². The summed E-state index contributed by atoms with van der Waals surface area (Å²) in [5.74, 6) is 1.53. The number of ether oxygens (including phenoxy) is 2. The molecule has 0 bridgehead atoms. The third-order valence-electron chi connectivity index (χ3n) is 4.57. The van der Waals surface area contributed by atoms with Crippen LogP contribution in [-0.2, 0) is 4.74 Å². The Kier molecular flexibility index (Phi) is 7.07. The third kappa shape index (κ3) is 5.98. The van der Waals surface area contributed by atoms with Crippen molar-refractivity contribution in [2.45, 2.75) is 6.42 Å². The van der Waals surface area contributed by atoms with Crippen molar-refractivity contribution in [3.63, 3.8) is 0 Å². The predicted molar refractivity (Wildman–Crippen MR) is 106 cm³/mol. The van der Waals surface area contributed by atoms with E-state index in [1.54, 1.807) is 7.11 Å². The number of hydrogen-bond donors (Lipinski definition) is 1. The van der Waals surface area contributed by atoms with Gasteiger partial charge in [-0.25, -0.2) is 4.79 Å². The molecule has 1 aliphatic rings. The first-order valence-electron chi connectivity index (χ1n) is 9.35. The number of benzene rings is 2. The van der Waals surface area contributed by atoms with Crippen LogP contribution in [0.3, 0.4) is 0 Å². The maximum Gasteiger partial charge on any atom is 0.321 e. The van der Waals surface area contributed by atoms with Gasteiger partial charge in [0.1, 0.15) is 11.5 Å². The van der Waals surface area contributed by atoms with Crippen LogP contribution in [0.2, 0.25) is 0 Å². The number of methoxy groups -OCH3 is 1. The molecule has 0 aromatic heterocycles. The summed E-state index contributed by atoms with van der Waals surface area (Å²) in [6.07, 6.45) is 1.03. The largest absolute Gasteiger partial charge is 0.457 e. The molecule has 0 spiro atoms. The van der Waals surface area contributed by atoms with Gasteiger partial charge in [-0.2, -0.15) is 0 Å². The van der Waals surface area contributed by atoms with Crippen molar-refractivity contribution in [2.75, 3.05) is 51.8 Å². The van der Waals surface area contributed by atoms with Crippen molar-refractivity contribution >= 4 is 11.7 Å². The number of amides is 2. The molecule has 1 aliphatic heterocycles. The monoisotopic (exact) mass is 369 g/mol. The fraction of sp³-hybridized carbons (Fsp3) is 0.381. The first kappa shape index (κ1) is 19.2. The number of para-hydroxylation sites is 1. The molecule has 1 N–H and O–H groups in total. The second-order valence-corrected chi connectivity index (χ2v) is 6.54. The number of rotatable bonds is 7. The average Bonchev–Trinajstić information content (AvgIpc) is 2.71. The first-order valence-corrected chi connectivity index (χ1v) is 9.35. The van der Waals surface area contributed by atoms with Crippen LogP contribution in [0.15, 0.2) is 54.6 Å². The molecule has 0 aliphatic carbocycles. The van der Waals surface area contributed by atoms with E-state index in [0.29, 0.717) is 0 Å². The van der Waals surface area contributed by atoms with Crippen LogP contribution in [0.5, 0.6) is 11.5 Å². The summed E-state index contributed by atoms with van der Waals surface area (Å²) in [5, 5.41) is 2.96. The van der Waals surface area contributed by atoms with Gasteiger partial charge >= 0.3 is 6.03 Å². The molecule has 6 nitrogen and oxygen atoms in total. The number of hydrogen-bond acceptors (Lipinski definition) is 4. The Hall–Kier alpha value is -2.57. The molecule has 144 valence electrons. The van der Waals surface area contributed by atoms with Crippen LogP contribution < -0.4 is 10.1 Å². The maximum atomic E-state index is 12.5. The molecule has 6 heteroatoms. The molecule has 0 unspecified atom stereocenters. The van der Waals surface area contributed by atoms with Crippen LogP contribution in [0.25, 0.3) is 0 Å². The SMILES string of the molecule is COCCCN1CCN(C(=O)Nc2ccc(Oc3ccccc3)cc2)CC1. The minimum atomic E-state index is -0.0525. The van der Waals surface area contributed by atoms with Gasteiger partial charge in [0.2, 0.25) is 0 Å². The van der Waals surface area contributed by atoms with Crippen molar-refractivity contribution in [1.29, 1.82) is 0 Å². The topological polar surface area (TPSA) is 54.0 Å². The van der Waals surface area contributed by atoms with Crippen LogP contribution in [0.4, 0.5) is 10.5 Å². The lowest BCUT2D eigenvalue weighted by Gasteiger charge is -2.34. The summed E-state index contributed by atoms with van der Waals surface area (Å²) < 4.78 is 10.9. The average molecular weight is 369 g/mol. The molecule has 0 atom stereocenters. The predicted octanol–water partition coefficient (Wildman–Crippen LogP) is 3.66. The van der Waals surface area contributed by atoms with Crippen LogP contribution in [0.1, 0.15) is 6.42 Å². The fourth-order valence-corrected chi connectivity index (χ4v) is 3.04. The van der Waals surface area contributed by atoms with Crippen LogP contribution >= 0.6 is 0 Å². The lowest BCUT2D eigenvalue weighted by Crippen LogP contribution is -2.50. The van der Waals surface area contributed by atoms with Crippen LogP contribution in [0, 0.1) is 0 Å². The van der Waals surface area contributed by atoms with Gasteiger partial charge in [0, 0.05) is 52.1 Å². The van der Waals surface area contributed by atoms with Gasteiger partial charge in [0.15, 0.2) is 0 Å². The summed E-state index contributed by atoms with van der Waals surface area (Å²) >= 11 is 0. The number of anilines is 1. The first-order chi connectivity index (χ1) is 13.2. The molecule has 1 saturated heterocycles. The van der Waals surface area contributed by atoms with Crippen molar-refractivity contribution < 1.29 is 14.3 Å². The van der Waals surface area contributed by atoms with E-state index in [1.165, 1.54) is 0 Å². The normalized spacial score (nSPS) is 14.8. The van der Waals surface area contributed by atoms with Gasteiger partial charge in [-0.15, -0.1) is 0 Å². The highest BCUT2D eigenvalue weighted by Gasteiger charge is 2.20. The molecule has 27 heavy (non-hydrogen) atoms. The van der Waals surface area contributed by atoms with E-state index >= 15 is 0 Å². The van der Waals surface area contributed by atoms with E-state index in [-0.39, 0.29) is 6.03 Å². The lowest BCUT2D eigenvalue weighted by molar-refractivity contribution is 0.130. The third-order valence-corrected chi connectivity index (χ3v) is 4.57. The second-order valence-electron chi connectivity index (χ2n) is 6.54. The summed E-state index contributed by atoms with van der Waals surface area (Å²) in [4.78, 5) is 16.7. The summed E-state index contributed by atoms with van der Waals surface area (Å²) in [6, 6.07) is 17.0. The zero-order valence-corrected chi connectivity index (χ0v) is 15.8. The number of nitrogens with one attached hydrogen (secondary N) is 1. The Labute approximate surface area is 160 Å². The van der Waals surface area contributed by atoms with Crippen molar-refractivity contribution in [3.05, 3.63) is 54.6 Å². The van der Waals surface area contributed by atoms with E-state index in [2.05, 4.69) is 10.2 Å². The van der Waals surface area contributed by atoms with Crippen molar-refractivity contribution in [3.8, 4) is 11.5 Å². The highest BCUT2D eigenvalue weighted by molar-refractivity contribution is 5.89. The molecule has 2 amide bonds. The number of piperazine rings is 1. The minimum Gasteiger partial charge on any atom is -0.457 e. The molecule has 2 aromatic carbocycles. The van der Waals surface area contributed by atoms with Gasteiger partial charge in [0.25, 0.3) is 0 Å². The van der Waals surface area contributed by atoms with Gasteiger partial charge in [-0.05, 0) is 42.8 Å². The zero-order chi connectivity index (χ0) is 18.9. The van der Waals surface area contributed by atoms with Gasteiger partial charge in [-0.3, -0.25) is 4.90 Å². The molecule has 0 saturated carbocycles. The van der Waals surface area contributed by atoms with E-state index in [0.717, 1.165) is 62.9 Å².